The van der Waals surface area contributed by atoms with Gasteiger partial charge in [0.25, 0.3) is 0 Å². The van der Waals surface area contributed by atoms with Gasteiger partial charge in [-0.15, -0.1) is 0 Å². The van der Waals surface area contributed by atoms with Crippen molar-refractivity contribution in [1.82, 2.24) is 19.6 Å². The molecular weight excluding hydrogens is 326 g/mol. The van der Waals surface area contributed by atoms with Crippen molar-refractivity contribution >= 4 is 11.7 Å². The van der Waals surface area contributed by atoms with E-state index in [4.69, 9.17) is 0 Å². The Hall–Kier alpha value is -2.60. The van der Waals surface area contributed by atoms with Gasteiger partial charge in [0.15, 0.2) is 0 Å². The lowest BCUT2D eigenvalue weighted by atomic mass is 10.1. The van der Waals surface area contributed by atoms with Crippen LogP contribution in [0.2, 0.25) is 0 Å². The third-order valence-electron chi connectivity index (χ3n) is 5.02. The second kappa shape index (κ2) is 7.74. The van der Waals surface area contributed by atoms with Gasteiger partial charge in [-0.2, -0.15) is 9.78 Å². The van der Waals surface area contributed by atoms with Gasteiger partial charge < -0.3 is 9.80 Å². The highest BCUT2D eigenvalue weighted by Crippen LogP contribution is 2.16. The first kappa shape index (κ1) is 18.2. The van der Waals surface area contributed by atoms with Crippen LogP contribution >= 0.6 is 0 Å². The number of amides is 1. The zero-order valence-electron chi connectivity index (χ0n) is 15.9. The molecule has 6 heteroatoms. The third-order valence-corrected chi connectivity index (χ3v) is 5.02. The lowest BCUT2D eigenvalue weighted by molar-refractivity contribution is 0.134. The molecule has 1 aliphatic rings. The van der Waals surface area contributed by atoms with Gasteiger partial charge in [0.05, 0.1) is 18.1 Å². The van der Waals surface area contributed by atoms with Gasteiger partial charge in [-0.25, -0.2) is 4.79 Å². The first-order chi connectivity index (χ1) is 12.5. The molecule has 26 heavy (non-hydrogen) atoms. The Kier molecular flexibility index (Phi) is 5.42. The van der Waals surface area contributed by atoms with E-state index in [1.165, 1.54) is 15.8 Å². The summed E-state index contributed by atoms with van der Waals surface area (Å²) >= 11 is 0. The van der Waals surface area contributed by atoms with Crippen molar-refractivity contribution in [2.75, 3.05) is 38.1 Å². The first-order valence-electron chi connectivity index (χ1n) is 8.96. The van der Waals surface area contributed by atoms with Gasteiger partial charge in [-0.3, -0.25) is 4.90 Å². The molecule has 1 aliphatic heterocycles. The molecule has 2 aromatic rings. The van der Waals surface area contributed by atoms with Gasteiger partial charge >= 0.3 is 6.03 Å². The number of carbonyl (C=O) groups is 1. The summed E-state index contributed by atoms with van der Waals surface area (Å²) < 4.78 is 1.42. The third kappa shape index (κ3) is 3.96. The number of benzene rings is 1. The van der Waals surface area contributed by atoms with E-state index in [-0.39, 0.29) is 6.03 Å². The number of aryl methyl sites for hydroxylation is 1. The summed E-state index contributed by atoms with van der Waals surface area (Å²) in [7, 11) is 1.92. The molecular formula is C20H27N5O. The van der Waals surface area contributed by atoms with Crippen molar-refractivity contribution in [1.29, 1.82) is 0 Å². The molecule has 3 rings (SSSR count). The van der Waals surface area contributed by atoms with E-state index in [0.717, 1.165) is 44.1 Å². The van der Waals surface area contributed by atoms with E-state index in [9.17, 15) is 4.79 Å². The summed E-state index contributed by atoms with van der Waals surface area (Å²) in [4.78, 5) is 18.9. The Morgan fingerprint density at radius 3 is 2.58 bits per heavy atom. The van der Waals surface area contributed by atoms with Crippen LogP contribution in [-0.4, -0.2) is 58.8 Å². The van der Waals surface area contributed by atoms with Crippen molar-refractivity contribution in [2.24, 2.45) is 0 Å². The minimum atomic E-state index is -0.0677. The number of hydrogen-bond donors (Lipinski definition) is 0. The maximum Gasteiger partial charge on any atom is 0.344 e. The first-order valence-corrected chi connectivity index (χ1v) is 8.96. The standard InChI is InChI=1S/C20H27N5O/c1-16(2)22(4)19-13-21-25(15-19)20(26)24-11-9-23(10-12-24)14-18-8-6-5-7-17(18)3/h5-8,13,15H,1,9-12,14H2,2-4H3. The monoisotopic (exact) mass is 353 g/mol. The van der Waals surface area contributed by atoms with Crippen molar-refractivity contribution in [3.63, 3.8) is 0 Å². The van der Waals surface area contributed by atoms with Gasteiger partial charge in [0.1, 0.15) is 0 Å². The highest BCUT2D eigenvalue weighted by Gasteiger charge is 2.23. The molecule has 0 aliphatic carbocycles. The van der Waals surface area contributed by atoms with E-state index in [2.05, 4.69) is 47.8 Å². The molecule has 138 valence electrons. The molecule has 6 nitrogen and oxygen atoms in total. The average Bonchev–Trinajstić information content (AvgIpc) is 3.13. The number of aromatic nitrogens is 2. The number of carbonyl (C=O) groups excluding carboxylic acids is 1. The molecule has 0 N–H and O–H groups in total. The fourth-order valence-corrected chi connectivity index (χ4v) is 3.08. The van der Waals surface area contributed by atoms with E-state index >= 15 is 0 Å². The number of piperazine rings is 1. The van der Waals surface area contributed by atoms with Crippen LogP contribution in [0.1, 0.15) is 18.1 Å². The highest BCUT2D eigenvalue weighted by atomic mass is 16.2. The fourth-order valence-electron chi connectivity index (χ4n) is 3.08. The summed E-state index contributed by atoms with van der Waals surface area (Å²) in [6.45, 7) is 12.1. The number of hydrogen-bond acceptors (Lipinski definition) is 4. The van der Waals surface area contributed by atoms with E-state index in [1.54, 1.807) is 12.4 Å². The summed E-state index contributed by atoms with van der Waals surface area (Å²) in [5.41, 5.74) is 4.44. The highest BCUT2D eigenvalue weighted by molar-refractivity contribution is 5.77. The van der Waals surface area contributed by atoms with Gasteiger partial charge in [-0.1, -0.05) is 30.8 Å². The quantitative estimate of drug-likeness (QED) is 0.848. The predicted molar refractivity (Wildman–Crippen MR) is 104 cm³/mol. The van der Waals surface area contributed by atoms with Crippen LogP contribution in [0.5, 0.6) is 0 Å². The van der Waals surface area contributed by atoms with Gasteiger partial charge in [0.2, 0.25) is 0 Å². The number of nitrogens with zero attached hydrogens (tertiary/aromatic N) is 5. The van der Waals surface area contributed by atoms with Crippen LogP contribution in [0.3, 0.4) is 0 Å². The summed E-state index contributed by atoms with van der Waals surface area (Å²) in [6.07, 6.45) is 3.46. The average molecular weight is 353 g/mol. The van der Waals surface area contributed by atoms with Crippen molar-refractivity contribution in [2.45, 2.75) is 20.4 Å². The zero-order valence-corrected chi connectivity index (χ0v) is 15.9. The minimum absolute atomic E-state index is 0.0677. The van der Waals surface area contributed by atoms with E-state index < -0.39 is 0 Å². The molecule has 2 heterocycles. The normalized spacial score (nSPS) is 15.1. The topological polar surface area (TPSA) is 44.6 Å². The maximum atomic E-state index is 12.7. The molecule has 1 fully saturated rings. The smallest absolute Gasteiger partial charge is 0.344 e. The van der Waals surface area contributed by atoms with Crippen LogP contribution in [0.25, 0.3) is 0 Å². The lowest BCUT2D eigenvalue weighted by Gasteiger charge is -2.34. The molecule has 0 unspecified atom stereocenters. The van der Waals surface area contributed by atoms with Gasteiger partial charge in [0, 0.05) is 45.5 Å². The van der Waals surface area contributed by atoms with Crippen LogP contribution in [0.4, 0.5) is 10.5 Å². The Bertz CT molecular complexity index is 789. The molecule has 1 amide bonds. The second-order valence-electron chi connectivity index (χ2n) is 6.91. The summed E-state index contributed by atoms with van der Waals surface area (Å²) in [5.74, 6) is 0. The van der Waals surface area contributed by atoms with Crippen molar-refractivity contribution in [3.8, 4) is 0 Å². The molecule has 0 spiro atoms. The number of anilines is 1. The van der Waals surface area contributed by atoms with Gasteiger partial charge in [-0.05, 0) is 25.0 Å². The molecule has 0 radical (unpaired) electrons. The molecule has 1 aromatic carbocycles. The Balaban J connectivity index is 1.57. The number of rotatable bonds is 4. The molecule has 0 saturated carbocycles. The van der Waals surface area contributed by atoms with Crippen molar-refractivity contribution < 1.29 is 4.79 Å². The van der Waals surface area contributed by atoms with E-state index in [1.807, 2.05) is 23.8 Å². The van der Waals surface area contributed by atoms with Crippen LogP contribution in [0.15, 0.2) is 48.9 Å². The number of allylic oxidation sites excluding steroid dienone is 1. The Labute approximate surface area is 155 Å². The summed E-state index contributed by atoms with van der Waals surface area (Å²) in [5, 5.41) is 4.22. The molecule has 0 atom stereocenters. The minimum Gasteiger partial charge on any atom is -0.347 e. The lowest BCUT2D eigenvalue weighted by Crippen LogP contribution is -2.49. The predicted octanol–water partition coefficient (Wildman–Crippen LogP) is 2.95. The maximum absolute atomic E-state index is 12.7. The molecule has 0 bridgehead atoms. The van der Waals surface area contributed by atoms with Crippen LogP contribution in [-0.2, 0) is 6.54 Å². The largest absolute Gasteiger partial charge is 0.347 e. The molecule has 1 saturated heterocycles. The fraction of sp³-hybridized carbons (Fsp3) is 0.400. The van der Waals surface area contributed by atoms with Crippen LogP contribution < -0.4 is 4.90 Å². The Morgan fingerprint density at radius 1 is 1.23 bits per heavy atom. The second-order valence-corrected chi connectivity index (χ2v) is 6.91. The SMILES string of the molecule is C=C(C)N(C)c1cnn(C(=O)N2CCN(Cc3ccccc3C)CC2)c1. The Morgan fingerprint density at radius 2 is 1.92 bits per heavy atom. The molecule has 1 aromatic heterocycles. The zero-order chi connectivity index (χ0) is 18.7. The van der Waals surface area contributed by atoms with E-state index in [0.29, 0.717) is 0 Å². The van der Waals surface area contributed by atoms with Crippen LogP contribution in [0, 0.1) is 6.92 Å². The van der Waals surface area contributed by atoms with Crippen molar-refractivity contribution in [3.05, 3.63) is 60.1 Å². The summed E-state index contributed by atoms with van der Waals surface area (Å²) in [6, 6.07) is 8.41.